The first kappa shape index (κ1) is 14.2. The van der Waals surface area contributed by atoms with Gasteiger partial charge in [-0.1, -0.05) is 0 Å². The number of hydrogen-bond acceptors (Lipinski definition) is 6. The number of hydrogen-bond donors (Lipinski definition) is 2. The van der Waals surface area contributed by atoms with Crippen LogP contribution in [0.2, 0.25) is 0 Å². The summed E-state index contributed by atoms with van der Waals surface area (Å²) >= 11 is 1.57. The summed E-state index contributed by atoms with van der Waals surface area (Å²) in [5, 5.41) is 6.17. The zero-order valence-electron chi connectivity index (χ0n) is 10.6. The van der Waals surface area contributed by atoms with Crippen LogP contribution < -0.4 is 10.0 Å². The lowest BCUT2D eigenvalue weighted by Crippen LogP contribution is -2.27. The van der Waals surface area contributed by atoms with Crippen LogP contribution in [-0.2, 0) is 10.0 Å². The molecule has 6 nitrogen and oxygen atoms in total. The monoisotopic (exact) mass is 300 g/mol. The van der Waals surface area contributed by atoms with Crippen LogP contribution in [0, 0.1) is 0 Å². The van der Waals surface area contributed by atoms with Gasteiger partial charge in [-0.25, -0.2) is 23.1 Å². The van der Waals surface area contributed by atoms with E-state index in [0.29, 0.717) is 19.5 Å². The molecule has 0 spiro atoms. The summed E-state index contributed by atoms with van der Waals surface area (Å²) in [5.74, 6) is 0.909. The summed E-state index contributed by atoms with van der Waals surface area (Å²) < 4.78 is 25.0. The van der Waals surface area contributed by atoms with Gasteiger partial charge in [-0.3, -0.25) is 0 Å². The molecule has 2 aromatic rings. The van der Waals surface area contributed by atoms with Gasteiger partial charge in [0.15, 0.2) is 0 Å². The minimum absolute atomic E-state index is 0.113. The van der Waals surface area contributed by atoms with Crippen molar-refractivity contribution in [1.29, 1.82) is 0 Å². The van der Waals surface area contributed by atoms with Gasteiger partial charge in [0.05, 0.1) is 11.1 Å². The molecular formula is C11H16N4O2S2. The summed E-state index contributed by atoms with van der Waals surface area (Å²) in [6.07, 6.45) is 2.23. The number of aromatic nitrogens is 2. The number of nitrogens with one attached hydrogen (secondary N) is 2. The minimum atomic E-state index is -3.09. The van der Waals surface area contributed by atoms with Crippen LogP contribution in [-0.4, -0.2) is 37.2 Å². The summed E-state index contributed by atoms with van der Waals surface area (Å²) in [7, 11) is -3.09. The van der Waals surface area contributed by atoms with Gasteiger partial charge in [0.25, 0.3) is 0 Å². The average molecular weight is 300 g/mol. The third-order valence-corrected chi connectivity index (χ3v) is 4.83. The number of anilines is 1. The van der Waals surface area contributed by atoms with Crippen LogP contribution in [0.15, 0.2) is 17.8 Å². The Bertz CT molecular complexity index is 639. The number of fused-ring (bicyclic) bond motifs is 1. The van der Waals surface area contributed by atoms with Gasteiger partial charge in [-0.05, 0) is 24.8 Å². The van der Waals surface area contributed by atoms with Crippen molar-refractivity contribution in [2.45, 2.75) is 13.3 Å². The van der Waals surface area contributed by atoms with Crippen molar-refractivity contribution in [3.63, 3.8) is 0 Å². The molecule has 0 saturated heterocycles. The predicted octanol–water partition coefficient (Wildman–Crippen LogP) is 1.43. The first-order valence-electron chi connectivity index (χ1n) is 6.02. The number of rotatable bonds is 7. The van der Waals surface area contributed by atoms with Gasteiger partial charge in [-0.2, -0.15) is 0 Å². The van der Waals surface area contributed by atoms with Gasteiger partial charge < -0.3 is 5.32 Å². The molecule has 0 unspecified atom stereocenters. The van der Waals surface area contributed by atoms with Crippen molar-refractivity contribution in [2.24, 2.45) is 0 Å². The van der Waals surface area contributed by atoms with E-state index < -0.39 is 10.0 Å². The molecule has 2 rings (SSSR count). The van der Waals surface area contributed by atoms with E-state index in [9.17, 15) is 8.42 Å². The highest BCUT2D eigenvalue weighted by Crippen LogP contribution is 2.23. The third-order valence-electron chi connectivity index (χ3n) is 2.61. The van der Waals surface area contributed by atoms with Crippen molar-refractivity contribution in [3.05, 3.63) is 17.8 Å². The molecule has 0 aliphatic heterocycles. The van der Waals surface area contributed by atoms with Crippen molar-refractivity contribution in [3.8, 4) is 0 Å². The molecule has 0 radical (unpaired) electrons. The quantitative estimate of drug-likeness (QED) is 0.756. The summed E-state index contributed by atoms with van der Waals surface area (Å²) in [4.78, 5) is 9.30. The molecule has 0 aliphatic carbocycles. The molecule has 8 heteroatoms. The Balaban J connectivity index is 1.82. The molecule has 19 heavy (non-hydrogen) atoms. The van der Waals surface area contributed by atoms with E-state index >= 15 is 0 Å². The van der Waals surface area contributed by atoms with Crippen LogP contribution in [0.4, 0.5) is 5.82 Å². The summed E-state index contributed by atoms with van der Waals surface area (Å²) in [5.41, 5.74) is 0. The Morgan fingerprint density at radius 2 is 2.16 bits per heavy atom. The van der Waals surface area contributed by atoms with Gasteiger partial charge in [0.2, 0.25) is 10.0 Å². The molecule has 0 fully saturated rings. The van der Waals surface area contributed by atoms with E-state index in [4.69, 9.17) is 0 Å². The number of sulfonamides is 1. The van der Waals surface area contributed by atoms with Crippen molar-refractivity contribution in [2.75, 3.05) is 24.2 Å². The first-order valence-corrected chi connectivity index (χ1v) is 8.55. The van der Waals surface area contributed by atoms with Crippen LogP contribution in [0.1, 0.15) is 13.3 Å². The van der Waals surface area contributed by atoms with Crippen LogP contribution in [0.5, 0.6) is 0 Å². The molecule has 0 saturated carbocycles. The van der Waals surface area contributed by atoms with Crippen LogP contribution in [0.3, 0.4) is 0 Å². The average Bonchev–Trinajstić information content (AvgIpc) is 2.87. The topological polar surface area (TPSA) is 84.0 Å². The SMILES string of the molecule is CCS(=O)(=O)NCCCNc1ncnc2sccc12. The maximum Gasteiger partial charge on any atom is 0.211 e. The first-order chi connectivity index (χ1) is 9.12. The second kappa shape index (κ2) is 6.27. The highest BCUT2D eigenvalue weighted by molar-refractivity contribution is 7.89. The highest BCUT2D eigenvalue weighted by Gasteiger charge is 2.05. The van der Waals surface area contributed by atoms with Gasteiger partial charge in [0, 0.05) is 13.1 Å². The lowest BCUT2D eigenvalue weighted by molar-refractivity contribution is 0.581. The normalized spacial score (nSPS) is 11.8. The predicted molar refractivity (Wildman–Crippen MR) is 78.0 cm³/mol. The Kier molecular flexibility index (Phi) is 4.67. The van der Waals surface area contributed by atoms with E-state index in [1.54, 1.807) is 18.3 Å². The molecule has 0 atom stereocenters. The van der Waals surface area contributed by atoms with Crippen molar-refractivity contribution >= 4 is 37.4 Å². The molecule has 0 aliphatic rings. The fraction of sp³-hybridized carbons (Fsp3) is 0.455. The van der Waals surface area contributed by atoms with E-state index in [-0.39, 0.29) is 5.75 Å². The second-order valence-corrected chi connectivity index (χ2v) is 6.93. The lowest BCUT2D eigenvalue weighted by atomic mass is 10.3. The standard InChI is InChI=1S/C11H16N4O2S2/c1-2-19(16,17)15-6-3-5-12-10-9-4-7-18-11(9)14-8-13-10/h4,7-8,15H,2-3,5-6H2,1H3,(H,12,13,14). The van der Waals surface area contributed by atoms with Crippen molar-refractivity contribution in [1.82, 2.24) is 14.7 Å². The lowest BCUT2D eigenvalue weighted by Gasteiger charge is -2.07. The minimum Gasteiger partial charge on any atom is -0.369 e. The van der Waals surface area contributed by atoms with E-state index in [0.717, 1.165) is 16.0 Å². The maximum atomic E-state index is 11.2. The second-order valence-electron chi connectivity index (χ2n) is 3.94. The molecule has 2 N–H and O–H groups in total. The molecule has 2 aromatic heterocycles. The highest BCUT2D eigenvalue weighted by atomic mass is 32.2. The van der Waals surface area contributed by atoms with Crippen LogP contribution in [0.25, 0.3) is 10.2 Å². The molecule has 0 bridgehead atoms. The van der Waals surface area contributed by atoms with Crippen LogP contribution >= 0.6 is 11.3 Å². The van der Waals surface area contributed by atoms with Gasteiger partial charge >= 0.3 is 0 Å². The van der Waals surface area contributed by atoms with Crippen molar-refractivity contribution < 1.29 is 8.42 Å². The Hall–Kier alpha value is -1.25. The van der Waals surface area contributed by atoms with E-state index in [1.165, 1.54) is 6.33 Å². The Morgan fingerprint density at radius 1 is 1.32 bits per heavy atom. The molecule has 104 valence electrons. The van der Waals surface area contributed by atoms with Gasteiger partial charge in [-0.15, -0.1) is 11.3 Å². The maximum absolute atomic E-state index is 11.2. The molecule has 0 amide bonds. The fourth-order valence-electron chi connectivity index (χ4n) is 1.56. The molecule has 0 aromatic carbocycles. The van der Waals surface area contributed by atoms with E-state index in [1.807, 2.05) is 11.4 Å². The third kappa shape index (κ3) is 3.85. The summed E-state index contributed by atoms with van der Waals surface area (Å²) in [6.45, 7) is 2.71. The number of thiophene rings is 1. The fourth-order valence-corrected chi connectivity index (χ4v) is 2.95. The Morgan fingerprint density at radius 3 is 2.95 bits per heavy atom. The van der Waals surface area contributed by atoms with E-state index in [2.05, 4.69) is 20.0 Å². The Labute approximate surface area is 116 Å². The largest absolute Gasteiger partial charge is 0.369 e. The number of nitrogens with zero attached hydrogens (tertiary/aromatic N) is 2. The van der Waals surface area contributed by atoms with Gasteiger partial charge in [0.1, 0.15) is 17.0 Å². The summed E-state index contributed by atoms with van der Waals surface area (Å²) in [6, 6.07) is 1.97. The zero-order chi connectivity index (χ0) is 13.7. The molecular weight excluding hydrogens is 284 g/mol. The smallest absolute Gasteiger partial charge is 0.211 e. The molecule has 2 heterocycles. The zero-order valence-corrected chi connectivity index (χ0v) is 12.2.